The van der Waals surface area contributed by atoms with Gasteiger partial charge in [-0.1, -0.05) is 54.1 Å². The number of carbonyl (C=O) groups is 1. The van der Waals surface area contributed by atoms with Gasteiger partial charge in [0.2, 0.25) is 5.88 Å². The van der Waals surface area contributed by atoms with Crippen molar-refractivity contribution in [3.8, 4) is 0 Å². The number of piperazine rings is 1. The maximum absolute atomic E-state index is 13.0. The second kappa shape index (κ2) is 12.6. The molecular weight excluding hydrogens is 481 g/mol. The van der Waals surface area contributed by atoms with Crippen LogP contribution in [-0.4, -0.2) is 71.8 Å². The lowest BCUT2D eigenvalue weighted by Gasteiger charge is -2.35. The Balaban J connectivity index is 1.52. The highest BCUT2D eigenvalue weighted by Gasteiger charge is 2.34. The molecule has 0 aromatic heterocycles. The van der Waals surface area contributed by atoms with E-state index in [-0.39, 0.29) is 16.9 Å². The maximum atomic E-state index is 13.0. The van der Waals surface area contributed by atoms with Crippen molar-refractivity contribution in [2.45, 2.75) is 19.0 Å². The number of hydrogen-bond acceptors (Lipinski definition) is 5. The molecule has 2 aliphatic heterocycles. The summed E-state index contributed by atoms with van der Waals surface area (Å²) in [6.07, 6.45) is 5.34. The number of halogens is 4. The quantitative estimate of drug-likeness (QED) is 0.299. The van der Waals surface area contributed by atoms with Crippen LogP contribution in [0.3, 0.4) is 0 Å². The lowest BCUT2D eigenvalue weighted by molar-refractivity contribution is -0.137. The number of aryl methyl sites for hydroxylation is 1. The average molecular weight is 509 g/mol. The van der Waals surface area contributed by atoms with Crippen LogP contribution >= 0.6 is 11.6 Å². The smallest absolute Gasteiger partial charge is 0.432 e. The van der Waals surface area contributed by atoms with E-state index in [1.165, 1.54) is 17.8 Å². The Morgan fingerprint density at radius 1 is 1.09 bits per heavy atom. The summed E-state index contributed by atoms with van der Waals surface area (Å²) in [5, 5.41) is 7.38. The molecule has 1 saturated heterocycles. The fraction of sp³-hybridized carbons (Fsp3) is 0.360. The minimum atomic E-state index is -4.86. The molecule has 6 nitrogen and oxygen atoms in total. The first-order valence-electron chi connectivity index (χ1n) is 11.3. The van der Waals surface area contributed by atoms with E-state index in [0.717, 1.165) is 37.4 Å². The van der Waals surface area contributed by atoms with Crippen LogP contribution in [0.1, 0.15) is 12.0 Å². The third-order valence-electron chi connectivity index (χ3n) is 5.58. The number of ether oxygens (including phenoxy) is 1. The number of allylic oxidation sites excluding steroid dienone is 5. The molecule has 10 heteroatoms. The third-order valence-corrected chi connectivity index (χ3v) is 5.89. The van der Waals surface area contributed by atoms with Crippen molar-refractivity contribution in [2.75, 3.05) is 39.3 Å². The average Bonchev–Trinajstić information content (AvgIpc) is 3.06. The van der Waals surface area contributed by atoms with E-state index in [0.29, 0.717) is 19.2 Å². The van der Waals surface area contributed by atoms with Gasteiger partial charge in [0.25, 0.3) is 5.91 Å². The molecule has 0 spiro atoms. The number of rotatable bonds is 9. The molecule has 0 saturated carbocycles. The molecule has 188 valence electrons. The Labute approximate surface area is 208 Å². The zero-order valence-corrected chi connectivity index (χ0v) is 19.9. The summed E-state index contributed by atoms with van der Waals surface area (Å²) >= 11 is 6.15. The predicted octanol–water partition coefficient (Wildman–Crippen LogP) is 4.67. The van der Waals surface area contributed by atoms with Gasteiger partial charge in [0, 0.05) is 38.5 Å². The van der Waals surface area contributed by atoms with E-state index < -0.39 is 18.5 Å². The van der Waals surface area contributed by atoms with Crippen LogP contribution in [0.15, 0.2) is 78.0 Å². The van der Waals surface area contributed by atoms with Gasteiger partial charge < -0.3 is 9.64 Å². The van der Waals surface area contributed by atoms with E-state index in [9.17, 15) is 18.0 Å². The van der Waals surface area contributed by atoms with Crippen molar-refractivity contribution in [1.82, 2.24) is 14.7 Å². The molecular formula is C25H28ClF3N4O2. The van der Waals surface area contributed by atoms with Gasteiger partial charge >= 0.3 is 6.18 Å². The Kier molecular flexibility index (Phi) is 9.56. The monoisotopic (exact) mass is 508 g/mol. The van der Waals surface area contributed by atoms with E-state index in [4.69, 9.17) is 21.7 Å². The van der Waals surface area contributed by atoms with Gasteiger partial charge in [-0.3, -0.25) is 20.0 Å². The normalized spacial score (nSPS) is 17.3. The van der Waals surface area contributed by atoms with Crippen molar-refractivity contribution < 1.29 is 22.7 Å². The fourth-order valence-electron chi connectivity index (χ4n) is 3.65. The van der Waals surface area contributed by atoms with Gasteiger partial charge in [0.05, 0.1) is 0 Å². The summed E-state index contributed by atoms with van der Waals surface area (Å²) in [5.41, 5.74) is -0.315. The first-order valence-corrected chi connectivity index (χ1v) is 11.7. The highest BCUT2D eigenvalue weighted by molar-refractivity contribution is 6.29. The summed E-state index contributed by atoms with van der Waals surface area (Å²) in [6.45, 7) is 2.93. The highest BCUT2D eigenvalue weighted by atomic mass is 35.5. The van der Waals surface area contributed by atoms with Gasteiger partial charge in [-0.15, -0.1) is 0 Å². The van der Waals surface area contributed by atoms with Crippen LogP contribution in [-0.2, 0) is 16.0 Å². The molecule has 1 amide bonds. The molecule has 0 aliphatic carbocycles. The summed E-state index contributed by atoms with van der Waals surface area (Å²) in [5.74, 6) is -0.697. The molecule has 1 N–H and O–H groups in total. The zero-order valence-electron chi connectivity index (χ0n) is 19.2. The largest absolute Gasteiger partial charge is 0.468 e. The van der Waals surface area contributed by atoms with Crippen LogP contribution in [0.2, 0.25) is 0 Å². The van der Waals surface area contributed by atoms with Gasteiger partial charge in [-0.05, 0) is 37.1 Å². The van der Waals surface area contributed by atoms with E-state index in [1.54, 1.807) is 23.1 Å². The first-order chi connectivity index (χ1) is 16.7. The standard InChI is InChI=1S/C25H28ClF3N4O2/c26-22-11-5-2-6-13-33(22)24(18-21(30)25(27,28)29)35-19-23(34)32-16-14-31(15-17-32)12-7-10-20-8-3-1-4-9-20/h1-6,8-9,11,13,18,30H,7,10,12,14-17,19H2/b24-18+,30-21?. The highest BCUT2D eigenvalue weighted by Crippen LogP contribution is 2.24. The van der Waals surface area contributed by atoms with E-state index >= 15 is 0 Å². The SMILES string of the molecule is N=C(/C=C(/OCC(=O)N1CCN(CCCc2ccccc2)CC1)N1C=CC=CC=C1Cl)C(F)(F)F. The van der Waals surface area contributed by atoms with Crippen LogP contribution in [0.5, 0.6) is 0 Å². The van der Waals surface area contributed by atoms with Crippen LogP contribution in [0, 0.1) is 5.41 Å². The molecule has 0 unspecified atom stereocenters. The van der Waals surface area contributed by atoms with Gasteiger partial charge in [0.15, 0.2) is 6.61 Å². The van der Waals surface area contributed by atoms with Crippen LogP contribution in [0.4, 0.5) is 13.2 Å². The third kappa shape index (κ3) is 8.29. The van der Waals surface area contributed by atoms with Crippen LogP contribution in [0.25, 0.3) is 0 Å². The number of carbonyl (C=O) groups excluding carboxylic acids is 1. The topological polar surface area (TPSA) is 59.9 Å². The summed E-state index contributed by atoms with van der Waals surface area (Å²) in [7, 11) is 0. The zero-order chi connectivity index (χ0) is 25.3. The van der Waals surface area contributed by atoms with E-state index in [1.807, 2.05) is 18.2 Å². The number of nitrogens with one attached hydrogen (secondary N) is 1. The molecule has 1 aromatic rings. The number of nitrogens with zero attached hydrogens (tertiary/aromatic N) is 3. The van der Waals surface area contributed by atoms with Crippen LogP contribution < -0.4 is 0 Å². The van der Waals surface area contributed by atoms with Gasteiger partial charge in [-0.25, -0.2) is 0 Å². The number of hydrogen-bond donors (Lipinski definition) is 1. The second-order valence-corrected chi connectivity index (χ2v) is 8.47. The molecule has 2 heterocycles. The molecule has 1 fully saturated rings. The lowest BCUT2D eigenvalue weighted by atomic mass is 10.1. The van der Waals surface area contributed by atoms with Gasteiger partial charge in [-0.2, -0.15) is 13.2 Å². The Bertz CT molecular complexity index is 998. The maximum Gasteiger partial charge on any atom is 0.432 e. The number of benzene rings is 1. The summed E-state index contributed by atoms with van der Waals surface area (Å²) < 4.78 is 44.4. The molecule has 35 heavy (non-hydrogen) atoms. The predicted molar refractivity (Wildman–Crippen MR) is 130 cm³/mol. The first kappa shape index (κ1) is 26.6. The lowest BCUT2D eigenvalue weighted by Crippen LogP contribution is -2.49. The molecule has 0 bridgehead atoms. The summed E-state index contributed by atoms with van der Waals surface area (Å²) in [6, 6.07) is 10.3. The van der Waals surface area contributed by atoms with Crippen molar-refractivity contribution in [3.05, 3.63) is 83.5 Å². The molecule has 0 radical (unpaired) electrons. The Hall–Kier alpha value is -3.04. The number of alkyl halides is 3. The molecule has 1 aromatic carbocycles. The van der Waals surface area contributed by atoms with E-state index in [2.05, 4.69) is 17.0 Å². The van der Waals surface area contributed by atoms with Gasteiger partial charge in [0.1, 0.15) is 10.9 Å². The summed E-state index contributed by atoms with van der Waals surface area (Å²) in [4.78, 5) is 17.8. The fourth-order valence-corrected chi connectivity index (χ4v) is 3.86. The molecule has 2 aliphatic rings. The second-order valence-electron chi connectivity index (χ2n) is 8.08. The molecule has 0 atom stereocenters. The Morgan fingerprint density at radius 2 is 1.80 bits per heavy atom. The van der Waals surface area contributed by atoms with Crippen molar-refractivity contribution >= 4 is 23.2 Å². The minimum Gasteiger partial charge on any atom is -0.468 e. The minimum absolute atomic E-state index is 0.0628. The van der Waals surface area contributed by atoms with Crippen molar-refractivity contribution in [3.63, 3.8) is 0 Å². The van der Waals surface area contributed by atoms with Crippen molar-refractivity contribution in [2.24, 2.45) is 0 Å². The number of amides is 1. The Morgan fingerprint density at radius 3 is 2.49 bits per heavy atom. The molecule has 3 rings (SSSR count). The van der Waals surface area contributed by atoms with Crippen molar-refractivity contribution in [1.29, 1.82) is 5.41 Å².